The van der Waals surface area contributed by atoms with Crippen LogP contribution in [0.5, 0.6) is 0 Å². The van der Waals surface area contributed by atoms with Crippen molar-refractivity contribution in [2.24, 2.45) is 0 Å². The van der Waals surface area contributed by atoms with E-state index in [0.717, 1.165) is 12.6 Å². The maximum absolute atomic E-state index is 11.6. The van der Waals surface area contributed by atoms with Crippen LogP contribution in [0.1, 0.15) is 51.9 Å². The summed E-state index contributed by atoms with van der Waals surface area (Å²) in [6.07, 6.45) is 8.69. The zero-order valence-corrected chi connectivity index (χ0v) is 12.6. The van der Waals surface area contributed by atoms with Crippen LogP contribution in [-0.4, -0.2) is 53.9 Å². The standard InChI is InChI=1S/C15H29N3O2/c1-12(19)10-16-15(20)17-11-14-8-5-9-18(14)13-6-3-2-4-7-13/h12-14,19H,2-11H2,1H3,(H2,16,17,20)/t12-,14?/m0/s1. The van der Waals surface area contributed by atoms with Gasteiger partial charge in [0.2, 0.25) is 0 Å². The Hall–Kier alpha value is -0.810. The molecule has 116 valence electrons. The Bertz CT molecular complexity index is 303. The van der Waals surface area contributed by atoms with Crippen molar-refractivity contribution in [2.45, 2.75) is 70.1 Å². The monoisotopic (exact) mass is 283 g/mol. The SMILES string of the molecule is C[C@H](O)CNC(=O)NCC1CCCN1C1CCCCC1. The van der Waals surface area contributed by atoms with Crippen LogP contribution < -0.4 is 10.6 Å². The second kappa shape index (κ2) is 7.84. The van der Waals surface area contributed by atoms with Crippen LogP contribution in [0.3, 0.4) is 0 Å². The van der Waals surface area contributed by atoms with Gasteiger partial charge in [-0.3, -0.25) is 4.90 Å². The first-order valence-electron chi connectivity index (χ1n) is 8.12. The van der Waals surface area contributed by atoms with Crippen molar-refractivity contribution in [1.82, 2.24) is 15.5 Å². The Kier molecular flexibility index (Phi) is 6.10. The van der Waals surface area contributed by atoms with Gasteiger partial charge in [-0.05, 0) is 39.2 Å². The fourth-order valence-corrected chi connectivity index (χ4v) is 3.48. The van der Waals surface area contributed by atoms with Gasteiger partial charge in [-0.1, -0.05) is 19.3 Å². The molecule has 1 saturated carbocycles. The molecule has 1 saturated heterocycles. The molecule has 1 aliphatic carbocycles. The summed E-state index contributed by atoms with van der Waals surface area (Å²) in [4.78, 5) is 14.3. The lowest BCUT2D eigenvalue weighted by Crippen LogP contribution is -2.48. The van der Waals surface area contributed by atoms with Crippen molar-refractivity contribution < 1.29 is 9.90 Å². The molecule has 2 atom stereocenters. The fraction of sp³-hybridized carbons (Fsp3) is 0.933. The van der Waals surface area contributed by atoms with E-state index < -0.39 is 6.10 Å². The van der Waals surface area contributed by atoms with E-state index in [2.05, 4.69) is 15.5 Å². The van der Waals surface area contributed by atoms with Crippen LogP contribution >= 0.6 is 0 Å². The summed E-state index contributed by atoms with van der Waals surface area (Å²) < 4.78 is 0. The van der Waals surface area contributed by atoms with Crippen LogP contribution in [-0.2, 0) is 0 Å². The zero-order chi connectivity index (χ0) is 14.4. The molecule has 3 N–H and O–H groups in total. The van der Waals surface area contributed by atoms with Crippen LogP contribution in [0.15, 0.2) is 0 Å². The number of carbonyl (C=O) groups is 1. The van der Waals surface area contributed by atoms with Gasteiger partial charge in [-0.15, -0.1) is 0 Å². The Balaban J connectivity index is 1.72. The molecule has 1 heterocycles. The molecule has 5 nitrogen and oxygen atoms in total. The summed E-state index contributed by atoms with van der Waals surface area (Å²) in [6.45, 7) is 3.89. The first kappa shape index (κ1) is 15.6. The molecule has 2 rings (SSSR count). The molecule has 0 spiro atoms. The molecule has 2 amide bonds. The topological polar surface area (TPSA) is 64.6 Å². The first-order chi connectivity index (χ1) is 9.66. The second-order valence-electron chi connectivity index (χ2n) is 6.27. The first-order valence-corrected chi connectivity index (χ1v) is 8.12. The average Bonchev–Trinajstić information content (AvgIpc) is 2.92. The van der Waals surface area contributed by atoms with Crippen molar-refractivity contribution in [2.75, 3.05) is 19.6 Å². The molecular weight excluding hydrogens is 254 g/mol. The Morgan fingerprint density at radius 1 is 1.20 bits per heavy atom. The van der Waals surface area contributed by atoms with Gasteiger partial charge in [0, 0.05) is 25.2 Å². The lowest BCUT2D eigenvalue weighted by atomic mass is 9.94. The number of aliphatic hydroxyl groups excluding tert-OH is 1. The maximum atomic E-state index is 11.6. The van der Waals surface area contributed by atoms with Crippen molar-refractivity contribution in [3.63, 3.8) is 0 Å². The predicted molar refractivity (Wildman–Crippen MR) is 79.7 cm³/mol. The van der Waals surface area contributed by atoms with Gasteiger partial charge in [0.1, 0.15) is 0 Å². The summed E-state index contributed by atoms with van der Waals surface area (Å²) in [5, 5.41) is 14.8. The van der Waals surface area contributed by atoms with E-state index in [1.165, 1.54) is 51.5 Å². The van der Waals surface area contributed by atoms with Gasteiger partial charge in [-0.25, -0.2) is 4.79 Å². The molecule has 0 bridgehead atoms. The fourth-order valence-electron chi connectivity index (χ4n) is 3.48. The Morgan fingerprint density at radius 3 is 2.65 bits per heavy atom. The quantitative estimate of drug-likeness (QED) is 0.716. The van der Waals surface area contributed by atoms with Gasteiger partial charge in [0.15, 0.2) is 0 Å². The van der Waals surface area contributed by atoms with E-state index in [0.29, 0.717) is 12.6 Å². The van der Waals surface area contributed by atoms with Crippen molar-refractivity contribution in [3.8, 4) is 0 Å². The molecule has 0 aromatic carbocycles. The van der Waals surface area contributed by atoms with Crippen LogP contribution in [0, 0.1) is 0 Å². The van der Waals surface area contributed by atoms with E-state index in [1.54, 1.807) is 6.92 Å². The van der Waals surface area contributed by atoms with E-state index in [-0.39, 0.29) is 6.03 Å². The molecule has 1 aliphatic heterocycles. The minimum atomic E-state index is -0.494. The summed E-state index contributed by atoms with van der Waals surface area (Å²) in [5.74, 6) is 0. The van der Waals surface area contributed by atoms with E-state index in [4.69, 9.17) is 5.11 Å². The summed E-state index contributed by atoms with van der Waals surface area (Å²) in [7, 11) is 0. The number of likely N-dealkylation sites (tertiary alicyclic amines) is 1. The number of carbonyl (C=O) groups excluding carboxylic acids is 1. The molecule has 1 unspecified atom stereocenters. The van der Waals surface area contributed by atoms with Crippen molar-refractivity contribution in [3.05, 3.63) is 0 Å². The van der Waals surface area contributed by atoms with Crippen molar-refractivity contribution >= 4 is 6.03 Å². The third-order valence-corrected chi connectivity index (χ3v) is 4.52. The summed E-state index contributed by atoms with van der Waals surface area (Å²) in [6, 6.07) is 1.07. The van der Waals surface area contributed by atoms with Gasteiger partial charge in [-0.2, -0.15) is 0 Å². The van der Waals surface area contributed by atoms with Gasteiger partial charge < -0.3 is 15.7 Å². The largest absolute Gasteiger partial charge is 0.392 e. The van der Waals surface area contributed by atoms with Crippen LogP contribution in [0.2, 0.25) is 0 Å². The lowest BCUT2D eigenvalue weighted by Gasteiger charge is -2.35. The Morgan fingerprint density at radius 2 is 1.95 bits per heavy atom. The van der Waals surface area contributed by atoms with E-state index >= 15 is 0 Å². The third-order valence-electron chi connectivity index (χ3n) is 4.52. The smallest absolute Gasteiger partial charge is 0.314 e. The molecule has 0 aromatic rings. The molecule has 20 heavy (non-hydrogen) atoms. The molecule has 5 heteroatoms. The number of amides is 2. The number of hydrogen-bond donors (Lipinski definition) is 3. The van der Waals surface area contributed by atoms with E-state index in [1.807, 2.05) is 0 Å². The van der Waals surface area contributed by atoms with Gasteiger partial charge in [0.05, 0.1) is 6.10 Å². The van der Waals surface area contributed by atoms with Crippen molar-refractivity contribution in [1.29, 1.82) is 0 Å². The number of rotatable bonds is 5. The number of nitrogens with one attached hydrogen (secondary N) is 2. The summed E-state index contributed by atoms with van der Waals surface area (Å²) in [5.41, 5.74) is 0. The second-order valence-corrected chi connectivity index (χ2v) is 6.27. The normalized spacial score (nSPS) is 26.4. The number of hydrogen-bond acceptors (Lipinski definition) is 3. The Labute approximate surface area is 122 Å². The number of urea groups is 1. The minimum absolute atomic E-state index is 0.165. The highest BCUT2D eigenvalue weighted by atomic mass is 16.3. The zero-order valence-electron chi connectivity index (χ0n) is 12.6. The molecule has 2 fully saturated rings. The average molecular weight is 283 g/mol. The number of nitrogens with zero attached hydrogens (tertiary/aromatic N) is 1. The molecule has 0 aromatic heterocycles. The number of aliphatic hydroxyl groups is 1. The summed E-state index contributed by atoms with van der Waals surface area (Å²) >= 11 is 0. The van der Waals surface area contributed by atoms with E-state index in [9.17, 15) is 4.79 Å². The van der Waals surface area contributed by atoms with Gasteiger partial charge in [0.25, 0.3) is 0 Å². The van der Waals surface area contributed by atoms with Crippen LogP contribution in [0.4, 0.5) is 4.79 Å². The van der Waals surface area contributed by atoms with Crippen LogP contribution in [0.25, 0.3) is 0 Å². The molecule has 0 radical (unpaired) electrons. The maximum Gasteiger partial charge on any atom is 0.314 e. The minimum Gasteiger partial charge on any atom is -0.392 e. The highest BCUT2D eigenvalue weighted by molar-refractivity contribution is 5.73. The third kappa shape index (κ3) is 4.63. The lowest BCUT2D eigenvalue weighted by molar-refractivity contribution is 0.140. The molecule has 2 aliphatic rings. The molecular formula is C15H29N3O2. The highest BCUT2D eigenvalue weighted by Crippen LogP contribution is 2.28. The predicted octanol–water partition coefficient (Wildman–Crippen LogP) is 1.46. The highest BCUT2D eigenvalue weighted by Gasteiger charge is 2.31. The van der Waals surface area contributed by atoms with Gasteiger partial charge >= 0.3 is 6.03 Å².